The number of nitrogens with zero attached hydrogens (tertiary/aromatic N) is 1. The van der Waals surface area contributed by atoms with Gasteiger partial charge in [-0.2, -0.15) is 0 Å². The zero-order valence-electron chi connectivity index (χ0n) is 19.1. The van der Waals surface area contributed by atoms with Crippen LogP contribution in [0.25, 0.3) is 0 Å². The van der Waals surface area contributed by atoms with E-state index in [9.17, 15) is 14.0 Å². The highest BCUT2D eigenvalue weighted by Crippen LogP contribution is 2.24. The van der Waals surface area contributed by atoms with Crippen LogP contribution in [0.2, 0.25) is 0 Å². The topological polar surface area (TPSA) is 98.7 Å². The second-order valence-electron chi connectivity index (χ2n) is 8.17. The highest BCUT2D eigenvalue weighted by molar-refractivity contribution is 5.94. The van der Waals surface area contributed by atoms with Crippen LogP contribution in [-0.2, 0) is 16.0 Å². The number of aryl methyl sites for hydroxylation is 1. The van der Waals surface area contributed by atoms with E-state index in [0.717, 1.165) is 24.0 Å². The van der Waals surface area contributed by atoms with Crippen molar-refractivity contribution in [3.8, 4) is 0 Å². The monoisotopic (exact) mass is 457 g/mol. The molecule has 3 rings (SSSR count). The molecule has 2 aromatic carbocycles. The second kappa shape index (κ2) is 13.3. The van der Waals surface area contributed by atoms with E-state index in [1.165, 1.54) is 12.1 Å². The van der Waals surface area contributed by atoms with E-state index in [0.29, 0.717) is 31.5 Å². The Hall–Kier alpha value is -3.26. The van der Waals surface area contributed by atoms with Crippen LogP contribution < -0.4 is 10.6 Å². The molecule has 178 valence electrons. The molecule has 3 N–H and O–H groups in total. The molecule has 0 aliphatic carbocycles. The van der Waals surface area contributed by atoms with Gasteiger partial charge in [0.25, 0.3) is 12.4 Å². The van der Waals surface area contributed by atoms with Crippen LogP contribution in [0, 0.1) is 12.7 Å². The first-order chi connectivity index (χ1) is 15.8. The number of amides is 2. The van der Waals surface area contributed by atoms with Crippen LogP contribution in [0.3, 0.4) is 0 Å². The lowest BCUT2D eigenvalue weighted by molar-refractivity contribution is -0.123. The highest BCUT2D eigenvalue weighted by Gasteiger charge is 2.31. The van der Waals surface area contributed by atoms with Gasteiger partial charge in [-0.05, 0) is 63.1 Å². The van der Waals surface area contributed by atoms with Gasteiger partial charge in [-0.15, -0.1) is 0 Å². The maximum atomic E-state index is 13.2. The molecule has 0 bridgehead atoms. The number of likely N-dealkylation sites (tertiary alicyclic amines) is 1. The number of carbonyl (C=O) groups is 3. The zero-order chi connectivity index (χ0) is 24.2. The number of benzene rings is 2. The maximum absolute atomic E-state index is 13.2. The molecule has 8 heteroatoms. The standard InChI is InChI=1S/C24H30FN3O2.CH2O2/c1-17-6-8-19(9-7-17)24(30)27-16-22-11-10-21(28(22)2)15-23(29)26-13-12-18-4-3-5-20(25)14-18;2-1-3/h3-9,14,21-22H,10-13,15-16H2,1-2H3,(H,26,29)(H,27,30);1H,(H,2,3)/t21-,22+;/m1./s1. The summed E-state index contributed by atoms with van der Waals surface area (Å²) >= 11 is 0. The first-order valence-electron chi connectivity index (χ1n) is 11.0. The van der Waals surface area contributed by atoms with Gasteiger partial charge in [0.1, 0.15) is 5.82 Å². The largest absolute Gasteiger partial charge is 0.483 e. The Bertz CT molecular complexity index is 920. The van der Waals surface area contributed by atoms with Crippen LogP contribution >= 0.6 is 0 Å². The molecular formula is C25H32FN3O4. The van der Waals surface area contributed by atoms with Crippen molar-refractivity contribution >= 4 is 18.3 Å². The Labute approximate surface area is 194 Å². The number of carbonyl (C=O) groups excluding carboxylic acids is 2. The summed E-state index contributed by atoms with van der Waals surface area (Å²) in [6, 6.07) is 14.4. The molecule has 2 atom stereocenters. The number of likely N-dealkylation sites (N-methyl/N-ethyl adjacent to an activating group) is 1. The average Bonchev–Trinajstić information content (AvgIpc) is 3.12. The number of nitrogens with one attached hydrogen (secondary N) is 2. The molecular weight excluding hydrogens is 425 g/mol. The number of carboxylic acid groups (broad SMARTS) is 1. The van der Waals surface area contributed by atoms with Gasteiger partial charge in [0.05, 0.1) is 0 Å². The first-order valence-corrected chi connectivity index (χ1v) is 11.0. The molecule has 2 amide bonds. The van der Waals surface area contributed by atoms with Gasteiger partial charge in [0, 0.05) is 37.2 Å². The minimum atomic E-state index is -0.257. The Morgan fingerprint density at radius 3 is 2.45 bits per heavy atom. The van der Waals surface area contributed by atoms with Crippen molar-refractivity contribution in [3.63, 3.8) is 0 Å². The van der Waals surface area contributed by atoms with E-state index in [1.54, 1.807) is 6.07 Å². The van der Waals surface area contributed by atoms with Crippen molar-refractivity contribution in [2.24, 2.45) is 0 Å². The van der Waals surface area contributed by atoms with Gasteiger partial charge >= 0.3 is 0 Å². The molecule has 1 fully saturated rings. The van der Waals surface area contributed by atoms with E-state index in [1.807, 2.05) is 44.3 Å². The van der Waals surface area contributed by atoms with E-state index < -0.39 is 0 Å². The van der Waals surface area contributed by atoms with Gasteiger partial charge in [0.2, 0.25) is 5.91 Å². The van der Waals surface area contributed by atoms with Gasteiger partial charge in [-0.25, -0.2) is 4.39 Å². The molecule has 0 radical (unpaired) electrons. The molecule has 0 aromatic heterocycles. The van der Waals surface area contributed by atoms with E-state index >= 15 is 0 Å². The smallest absolute Gasteiger partial charge is 0.290 e. The molecule has 1 saturated heterocycles. The third kappa shape index (κ3) is 8.65. The van der Waals surface area contributed by atoms with Crippen LogP contribution in [0.15, 0.2) is 48.5 Å². The van der Waals surface area contributed by atoms with Crippen molar-refractivity contribution < 1.29 is 23.9 Å². The molecule has 33 heavy (non-hydrogen) atoms. The fraction of sp³-hybridized carbons (Fsp3) is 0.400. The Morgan fingerprint density at radius 2 is 1.79 bits per heavy atom. The molecule has 2 aromatic rings. The van der Waals surface area contributed by atoms with Crippen LogP contribution in [0.4, 0.5) is 4.39 Å². The highest BCUT2D eigenvalue weighted by atomic mass is 19.1. The van der Waals surface area contributed by atoms with Crippen molar-refractivity contribution in [1.29, 1.82) is 0 Å². The van der Waals surface area contributed by atoms with Crippen molar-refractivity contribution in [3.05, 3.63) is 71.0 Å². The van der Waals surface area contributed by atoms with E-state index in [4.69, 9.17) is 9.90 Å². The number of halogens is 1. The zero-order valence-corrected chi connectivity index (χ0v) is 19.1. The molecule has 1 aliphatic heterocycles. The third-order valence-corrected chi connectivity index (χ3v) is 5.84. The Balaban J connectivity index is 0.00000122. The normalized spacial score (nSPS) is 17.5. The predicted molar refractivity (Wildman–Crippen MR) is 125 cm³/mol. The predicted octanol–water partition coefficient (Wildman–Crippen LogP) is 2.78. The third-order valence-electron chi connectivity index (χ3n) is 5.84. The summed E-state index contributed by atoms with van der Waals surface area (Å²) in [5.41, 5.74) is 2.66. The quantitative estimate of drug-likeness (QED) is 0.530. The van der Waals surface area contributed by atoms with Crippen LogP contribution in [0.1, 0.15) is 40.7 Å². The molecule has 0 spiro atoms. The first kappa shape index (κ1) is 26.0. The molecule has 0 saturated carbocycles. The maximum Gasteiger partial charge on any atom is 0.290 e. The summed E-state index contributed by atoms with van der Waals surface area (Å²) in [5, 5.41) is 12.8. The Kier molecular flexibility index (Phi) is 10.5. The number of hydrogen-bond donors (Lipinski definition) is 3. The van der Waals surface area contributed by atoms with Crippen molar-refractivity contribution in [1.82, 2.24) is 15.5 Å². The van der Waals surface area contributed by atoms with Crippen LogP contribution in [-0.4, -0.2) is 60.5 Å². The lowest BCUT2D eigenvalue weighted by atomic mass is 10.1. The van der Waals surface area contributed by atoms with E-state index in [-0.39, 0.29) is 36.2 Å². The fourth-order valence-corrected chi connectivity index (χ4v) is 3.92. The summed E-state index contributed by atoms with van der Waals surface area (Å²) in [4.78, 5) is 35.2. The summed E-state index contributed by atoms with van der Waals surface area (Å²) in [6.07, 6.45) is 2.92. The summed E-state index contributed by atoms with van der Waals surface area (Å²) in [5.74, 6) is -0.318. The summed E-state index contributed by atoms with van der Waals surface area (Å²) < 4.78 is 13.2. The minimum Gasteiger partial charge on any atom is -0.483 e. The van der Waals surface area contributed by atoms with Crippen LogP contribution in [0.5, 0.6) is 0 Å². The summed E-state index contributed by atoms with van der Waals surface area (Å²) in [7, 11) is 2.01. The van der Waals surface area contributed by atoms with Gasteiger partial charge in [-0.1, -0.05) is 29.8 Å². The summed E-state index contributed by atoms with van der Waals surface area (Å²) in [6.45, 7) is 2.81. The van der Waals surface area contributed by atoms with Crippen molar-refractivity contribution in [2.45, 2.75) is 44.7 Å². The van der Waals surface area contributed by atoms with Gasteiger partial charge in [-0.3, -0.25) is 19.3 Å². The second-order valence-corrected chi connectivity index (χ2v) is 8.17. The number of rotatable bonds is 8. The van der Waals surface area contributed by atoms with Crippen molar-refractivity contribution in [2.75, 3.05) is 20.1 Å². The molecule has 0 unspecified atom stereocenters. The molecule has 7 nitrogen and oxygen atoms in total. The minimum absolute atomic E-state index is 0.00703. The average molecular weight is 458 g/mol. The van der Waals surface area contributed by atoms with E-state index in [2.05, 4.69) is 15.5 Å². The molecule has 1 heterocycles. The Morgan fingerprint density at radius 1 is 1.12 bits per heavy atom. The molecule has 1 aliphatic rings. The number of hydrogen-bond acceptors (Lipinski definition) is 4. The fourth-order valence-electron chi connectivity index (χ4n) is 3.92. The SMILES string of the molecule is Cc1ccc(C(=O)NC[C@@H]2CC[C@H](CC(=O)NCCc3cccc(F)c3)N2C)cc1.O=CO. The van der Waals surface area contributed by atoms with Gasteiger partial charge in [0.15, 0.2) is 0 Å². The lowest BCUT2D eigenvalue weighted by Gasteiger charge is -2.25. The lowest BCUT2D eigenvalue weighted by Crippen LogP contribution is -2.42. The van der Waals surface area contributed by atoms with Gasteiger partial charge < -0.3 is 15.7 Å².